The van der Waals surface area contributed by atoms with Crippen LogP contribution in [0, 0.1) is 10.1 Å². The minimum absolute atomic E-state index is 0.186. The minimum atomic E-state index is -3.09. The van der Waals surface area contributed by atoms with Crippen LogP contribution in [-0.4, -0.2) is 16.2 Å². The first-order valence-corrected chi connectivity index (χ1v) is 3.65. The van der Waals surface area contributed by atoms with Crippen molar-refractivity contribution in [1.29, 1.82) is 0 Å². The molecular weight excluding hydrogens is 212 g/mol. The summed E-state index contributed by atoms with van der Waals surface area (Å²) < 4.78 is 24.8. The molecule has 1 rings (SSSR count). The van der Waals surface area contributed by atoms with E-state index in [4.69, 9.17) is 5.73 Å². The van der Waals surface area contributed by atoms with Crippen LogP contribution in [0.25, 0.3) is 0 Å². The number of aromatic nitrogens is 1. The number of nitrogens with two attached hydrogens (primary N) is 1. The molecule has 0 radical (unpaired) electrons. The van der Waals surface area contributed by atoms with Crippen molar-refractivity contribution in [1.82, 2.24) is 4.98 Å². The summed E-state index contributed by atoms with van der Waals surface area (Å²) in [6.45, 7) is 0. The normalized spacial score (nSPS) is 10.3. The van der Waals surface area contributed by atoms with Crippen LogP contribution in [0.4, 0.5) is 20.3 Å². The van der Waals surface area contributed by atoms with Gasteiger partial charge in [0.2, 0.25) is 5.82 Å². The molecule has 1 aromatic rings. The van der Waals surface area contributed by atoms with Crippen LogP contribution in [0.15, 0.2) is 6.07 Å². The third-order valence-corrected chi connectivity index (χ3v) is 1.61. The summed E-state index contributed by atoms with van der Waals surface area (Å²) in [6, 6.07) is 0.645. The SMILES string of the molecule is Nc1nc(C=O)cc(C(F)F)c1[N+](=O)[O-]. The lowest BCUT2D eigenvalue weighted by atomic mass is 10.2. The van der Waals surface area contributed by atoms with E-state index in [1.54, 1.807) is 0 Å². The Morgan fingerprint density at radius 3 is 2.60 bits per heavy atom. The molecule has 0 unspecified atom stereocenters. The highest BCUT2D eigenvalue weighted by molar-refractivity contribution is 5.75. The molecule has 0 aliphatic heterocycles. The number of nitrogen functional groups attached to an aromatic ring is 1. The standard InChI is InChI=1S/C7H5F2N3O3/c8-6(9)4-1-3(2-13)11-7(10)5(4)12(14)15/h1-2,6H,(H2,10,11). The molecule has 8 heteroatoms. The van der Waals surface area contributed by atoms with Crippen molar-refractivity contribution in [2.45, 2.75) is 6.43 Å². The first-order valence-electron chi connectivity index (χ1n) is 3.65. The maximum atomic E-state index is 12.4. The number of aldehydes is 1. The number of hydrogen-bond donors (Lipinski definition) is 1. The van der Waals surface area contributed by atoms with Crippen molar-refractivity contribution in [3.63, 3.8) is 0 Å². The van der Waals surface area contributed by atoms with Gasteiger partial charge < -0.3 is 5.73 Å². The quantitative estimate of drug-likeness (QED) is 0.467. The van der Waals surface area contributed by atoms with E-state index >= 15 is 0 Å². The van der Waals surface area contributed by atoms with Gasteiger partial charge in [-0.2, -0.15) is 0 Å². The number of nitro groups is 1. The van der Waals surface area contributed by atoms with Gasteiger partial charge in [-0.05, 0) is 6.07 Å². The fourth-order valence-corrected chi connectivity index (χ4v) is 1.03. The molecule has 0 bridgehead atoms. The fourth-order valence-electron chi connectivity index (χ4n) is 1.03. The van der Waals surface area contributed by atoms with Crippen LogP contribution in [0.1, 0.15) is 22.5 Å². The summed E-state index contributed by atoms with van der Waals surface area (Å²) in [4.78, 5) is 22.9. The molecule has 1 heterocycles. The maximum Gasteiger partial charge on any atom is 0.320 e. The average Bonchev–Trinajstić information content (AvgIpc) is 2.15. The molecule has 0 saturated heterocycles. The van der Waals surface area contributed by atoms with Crippen LogP contribution in [0.5, 0.6) is 0 Å². The van der Waals surface area contributed by atoms with Gasteiger partial charge >= 0.3 is 5.69 Å². The molecule has 0 aliphatic rings. The molecular formula is C7H5F2N3O3. The second-order valence-electron chi connectivity index (χ2n) is 2.55. The van der Waals surface area contributed by atoms with E-state index in [0.29, 0.717) is 6.07 Å². The van der Waals surface area contributed by atoms with E-state index in [2.05, 4.69) is 4.98 Å². The van der Waals surface area contributed by atoms with E-state index in [0.717, 1.165) is 0 Å². The van der Waals surface area contributed by atoms with Gasteiger partial charge in [-0.1, -0.05) is 0 Å². The Morgan fingerprint density at radius 1 is 1.60 bits per heavy atom. The predicted molar refractivity (Wildman–Crippen MR) is 45.6 cm³/mol. The highest BCUT2D eigenvalue weighted by Gasteiger charge is 2.26. The van der Waals surface area contributed by atoms with Gasteiger partial charge in [-0.25, -0.2) is 13.8 Å². The molecule has 0 spiro atoms. The van der Waals surface area contributed by atoms with Crippen molar-refractivity contribution >= 4 is 17.8 Å². The summed E-state index contributed by atoms with van der Waals surface area (Å²) in [6.07, 6.45) is -2.90. The Balaban J connectivity index is 3.49. The second kappa shape index (κ2) is 3.95. The number of carbonyl (C=O) groups excluding carboxylic acids is 1. The van der Waals surface area contributed by atoms with Crippen molar-refractivity contribution in [3.05, 3.63) is 27.4 Å². The highest BCUT2D eigenvalue weighted by Crippen LogP contribution is 2.32. The highest BCUT2D eigenvalue weighted by atomic mass is 19.3. The molecule has 0 atom stereocenters. The van der Waals surface area contributed by atoms with Gasteiger partial charge in [-0.3, -0.25) is 14.9 Å². The number of hydrogen-bond acceptors (Lipinski definition) is 5. The third-order valence-electron chi connectivity index (χ3n) is 1.61. The van der Waals surface area contributed by atoms with Crippen LogP contribution < -0.4 is 5.73 Å². The third kappa shape index (κ3) is 2.03. The largest absolute Gasteiger partial charge is 0.378 e. The Morgan fingerprint density at radius 2 is 2.20 bits per heavy atom. The Kier molecular flexibility index (Phi) is 2.88. The summed E-state index contributed by atoms with van der Waals surface area (Å²) in [5, 5.41) is 10.4. The van der Waals surface area contributed by atoms with E-state index in [-0.39, 0.29) is 12.0 Å². The molecule has 0 saturated carbocycles. The summed E-state index contributed by atoms with van der Waals surface area (Å²) in [7, 11) is 0. The van der Waals surface area contributed by atoms with Gasteiger partial charge in [0.05, 0.1) is 4.92 Å². The maximum absolute atomic E-state index is 12.4. The van der Waals surface area contributed by atoms with Crippen molar-refractivity contribution in [2.24, 2.45) is 0 Å². The fraction of sp³-hybridized carbons (Fsp3) is 0.143. The molecule has 1 aromatic heterocycles. The van der Waals surface area contributed by atoms with E-state index in [1.807, 2.05) is 0 Å². The molecule has 15 heavy (non-hydrogen) atoms. The summed E-state index contributed by atoms with van der Waals surface area (Å²) in [5.74, 6) is -0.695. The molecule has 0 fully saturated rings. The molecule has 6 nitrogen and oxygen atoms in total. The van der Waals surface area contributed by atoms with Crippen molar-refractivity contribution in [3.8, 4) is 0 Å². The summed E-state index contributed by atoms with van der Waals surface area (Å²) >= 11 is 0. The Labute approximate surface area is 81.9 Å². The summed E-state index contributed by atoms with van der Waals surface area (Å²) in [5.41, 5.74) is 2.85. The Bertz CT molecular complexity index is 422. The lowest BCUT2D eigenvalue weighted by Gasteiger charge is -2.04. The van der Waals surface area contributed by atoms with Crippen LogP contribution >= 0.6 is 0 Å². The lowest BCUT2D eigenvalue weighted by Crippen LogP contribution is -2.05. The lowest BCUT2D eigenvalue weighted by molar-refractivity contribution is -0.385. The average molecular weight is 217 g/mol. The van der Waals surface area contributed by atoms with Gasteiger partial charge in [0.25, 0.3) is 6.43 Å². The van der Waals surface area contributed by atoms with Gasteiger partial charge in [0.1, 0.15) is 11.3 Å². The number of rotatable bonds is 3. The predicted octanol–water partition coefficient (Wildman–Crippen LogP) is 1.32. The minimum Gasteiger partial charge on any atom is -0.378 e. The molecule has 2 N–H and O–H groups in total. The van der Waals surface area contributed by atoms with Gasteiger partial charge in [0.15, 0.2) is 6.29 Å². The zero-order valence-electron chi connectivity index (χ0n) is 7.18. The number of carbonyl (C=O) groups is 1. The van der Waals surface area contributed by atoms with Crippen LogP contribution in [-0.2, 0) is 0 Å². The van der Waals surface area contributed by atoms with Crippen LogP contribution in [0.2, 0.25) is 0 Å². The van der Waals surface area contributed by atoms with E-state index < -0.39 is 28.4 Å². The molecule has 0 aliphatic carbocycles. The number of pyridine rings is 1. The van der Waals surface area contributed by atoms with E-state index in [1.165, 1.54) is 0 Å². The number of halogens is 2. The molecule has 0 aromatic carbocycles. The first kappa shape index (κ1) is 11.0. The Hall–Kier alpha value is -2.12. The van der Waals surface area contributed by atoms with Gasteiger partial charge in [-0.15, -0.1) is 0 Å². The second-order valence-corrected chi connectivity index (χ2v) is 2.55. The zero-order chi connectivity index (χ0) is 11.6. The monoisotopic (exact) mass is 217 g/mol. The molecule has 80 valence electrons. The van der Waals surface area contributed by atoms with Gasteiger partial charge in [0, 0.05) is 0 Å². The smallest absolute Gasteiger partial charge is 0.320 e. The van der Waals surface area contributed by atoms with Crippen LogP contribution in [0.3, 0.4) is 0 Å². The first-order chi connectivity index (χ1) is 6.97. The van der Waals surface area contributed by atoms with E-state index in [9.17, 15) is 23.7 Å². The van der Waals surface area contributed by atoms with Crippen molar-refractivity contribution in [2.75, 3.05) is 5.73 Å². The van der Waals surface area contributed by atoms with Crippen molar-refractivity contribution < 1.29 is 18.5 Å². The zero-order valence-corrected chi connectivity index (χ0v) is 7.18. The topological polar surface area (TPSA) is 99.1 Å². The molecule has 0 amide bonds. The number of nitrogens with zero attached hydrogens (tertiary/aromatic N) is 2. The number of anilines is 1. The number of alkyl halides is 2.